The number of rotatable bonds is 7. The summed E-state index contributed by atoms with van der Waals surface area (Å²) in [4.78, 5) is 1.33. The maximum atomic E-state index is 5.06. The topological polar surface area (TPSA) is 9.23 Å². The van der Waals surface area contributed by atoms with E-state index in [-0.39, 0.29) is 0 Å². The van der Waals surface area contributed by atoms with Gasteiger partial charge in [-0.1, -0.05) is 43.3 Å². The smallest absolute Gasteiger partial charge is 0.0470 e. The molecule has 0 aliphatic carbocycles. The van der Waals surface area contributed by atoms with E-state index in [0.717, 1.165) is 25.2 Å². The van der Waals surface area contributed by atoms with Crippen LogP contribution >= 0.6 is 11.8 Å². The van der Waals surface area contributed by atoms with Crippen LogP contribution in [0.25, 0.3) is 11.1 Å². The molecule has 0 fully saturated rings. The van der Waals surface area contributed by atoms with Crippen molar-refractivity contribution in [1.82, 2.24) is 0 Å². The molecular weight excluding hydrogens is 264 g/mol. The highest BCUT2D eigenvalue weighted by molar-refractivity contribution is 7.99. The van der Waals surface area contributed by atoms with E-state index in [9.17, 15) is 0 Å². The van der Waals surface area contributed by atoms with E-state index in [1.807, 2.05) is 11.8 Å². The van der Waals surface area contributed by atoms with E-state index >= 15 is 0 Å². The van der Waals surface area contributed by atoms with Gasteiger partial charge in [-0.25, -0.2) is 0 Å². The number of hydrogen-bond acceptors (Lipinski definition) is 2. The summed E-state index contributed by atoms with van der Waals surface area (Å²) < 4.78 is 5.06. The van der Waals surface area contributed by atoms with Gasteiger partial charge in [-0.15, -0.1) is 11.8 Å². The highest BCUT2D eigenvalue weighted by Crippen LogP contribution is 2.25. The van der Waals surface area contributed by atoms with Gasteiger partial charge in [0, 0.05) is 24.4 Å². The van der Waals surface area contributed by atoms with Crippen LogP contribution in [0, 0.1) is 0 Å². The molecule has 1 nitrogen and oxygen atoms in total. The molecule has 0 aromatic heterocycles. The van der Waals surface area contributed by atoms with Crippen molar-refractivity contribution in [2.45, 2.75) is 24.7 Å². The zero-order chi connectivity index (χ0) is 14.2. The molecule has 0 radical (unpaired) electrons. The predicted molar refractivity (Wildman–Crippen MR) is 88.5 cm³/mol. The number of benzene rings is 2. The lowest BCUT2D eigenvalue weighted by molar-refractivity contribution is 0.200. The Labute approximate surface area is 126 Å². The third-order valence-corrected chi connectivity index (χ3v) is 4.41. The SMILES string of the molecule is CCc1ccc(-c2ccc(SCCCOC)cc2)cc1. The van der Waals surface area contributed by atoms with Gasteiger partial charge in [-0.3, -0.25) is 0 Å². The molecule has 2 aromatic rings. The number of hydrogen-bond donors (Lipinski definition) is 0. The first kappa shape index (κ1) is 15.1. The maximum Gasteiger partial charge on any atom is 0.0470 e. The Balaban J connectivity index is 1.96. The van der Waals surface area contributed by atoms with Crippen LogP contribution in [-0.2, 0) is 11.2 Å². The van der Waals surface area contributed by atoms with Gasteiger partial charge in [0.05, 0.1) is 0 Å². The highest BCUT2D eigenvalue weighted by Gasteiger charge is 1.99. The van der Waals surface area contributed by atoms with Crippen LogP contribution in [0.4, 0.5) is 0 Å². The molecule has 2 aromatic carbocycles. The quantitative estimate of drug-likeness (QED) is 0.520. The Morgan fingerprint density at radius 1 is 0.900 bits per heavy atom. The first-order valence-electron chi connectivity index (χ1n) is 7.14. The van der Waals surface area contributed by atoms with Crippen LogP contribution in [0.1, 0.15) is 18.9 Å². The van der Waals surface area contributed by atoms with Crippen LogP contribution in [0.15, 0.2) is 53.4 Å². The number of methoxy groups -OCH3 is 1. The van der Waals surface area contributed by atoms with E-state index in [0.29, 0.717) is 0 Å². The van der Waals surface area contributed by atoms with Gasteiger partial charge >= 0.3 is 0 Å². The molecule has 2 heteroatoms. The van der Waals surface area contributed by atoms with Gasteiger partial charge in [0.25, 0.3) is 0 Å². The van der Waals surface area contributed by atoms with E-state index in [1.54, 1.807) is 7.11 Å². The Morgan fingerprint density at radius 3 is 2.05 bits per heavy atom. The monoisotopic (exact) mass is 286 g/mol. The Kier molecular flexibility index (Phi) is 6.16. The minimum atomic E-state index is 0.842. The normalized spacial score (nSPS) is 10.7. The molecule has 0 amide bonds. The molecule has 20 heavy (non-hydrogen) atoms. The molecule has 2 rings (SSSR count). The number of thioether (sulfide) groups is 1. The first-order valence-corrected chi connectivity index (χ1v) is 8.13. The Bertz CT molecular complexity index is 502. The third-order valence-electron chi connectivity index (χ3n) is 3.31. The predicted octanol–water partition coefficient (Wildman–Crippen LogP) is 5.04. The van der Waals surface area contributed by atoms with Crippen LogP contribution in [0.3, 0.4) is 0 Å². The van der Waals surface area contributed by atoms with Gasteiger partial charge < -0.3 is 4.74 Å². The standard InChI is InChI=1S/C18H22OS/c1-3-15-5-7-16(8-6-15)17-9-11-18(12-10-17)20-14-4-13-19-2/h5-12H,3-4,13-14H2,1-2H3. The van der Waals surface area contributed by atoms with Gasteiger partial charge in [0.15, 0.2) is 0 Å². The summed E-state index contributed by atoms with van der Waals surface area (Å²) in [5.74, 6) is 1.11. The van der Waals surface area contributed by atoms with Crippen molar-refractivity contribution in [3.63, 3.8) is 0 Å². The van der Waals surface area contributed by atoms with Gasteiger partial charge in [0.2, 0.25) is 0 Å². The Hall–Kier alpha value is -1.25. The summed E-state index contributed by atoms with van der Waals surface area (Å²) in [7, 11) is 1.75. The second-order valence-corrected chi connectivity index (χ2v) is 5.94. The first-order chi connectivity index (χ1) is 9.83. The van der Waals surface area contributed by atoms with Crippen molar-refractivity contribution in [2.24, 2.45) is 0 Å². The number of aryl methyl sites for hydroxylation is 1. The minimum Gasteiger partial charge on any atom is -0.385 e. The molecule has 0 bridgehead atoms. The molecule has 0 unspecified atom stereocenters. The summed E-state index contributed by atoms with van der Waals surface area (Å²) in [5.41, 5.74) is 3.96. The molecule has 0 spiro atoms. The second-order valence-electron chi connectivity index (χ2n) is 4.77. The summed E-state index contributed by atoms with van der Waals surface area (Å²) in [6.07, 6.45) is 2.19. The lowest BCUT2D eigenvalue weighted by Crippen LogP contribution is -1.90. The maximum absolute atomic E-state index is 5.06. The average Bonchev–Trinajstić information content (AvgIpc) is 2.52. The fourth-order valence-electron chi connectivity index (χ4n) is 2.07. The van der Waals surface area contributed by atoms with Crippen molar-refractivity contribution in [3.8, 4) is 11.1 Å². The van der Waals surface area contributed by atoms with Crippen LogP contribution in [0.5, 0.6) is 0 Å². The summed E-state index contributed by atoms with van der Waals surface area (Å²) in [6.45, 7) is 3.03. The fourth-order valence-corrected chi connectivity index (χ4v) is 2.90. The lowest BCUT2D eigenvalue weighted by atomic mass is 10.0. The van der Waals surface area contributed by atoms with E-state index in [4.69, 9.17) is 4.74 Å². The van der Waals surface area contributed by atoms with Crippen molar-refractivity contribution in [1.29, 1.82) is 0 Å². The van der Waals surface area contributed by atoms with Gasteiger partial charge in [-0.05, 0) is 41.7 Å². The second kappa shape index (κ2) is 8.13. The van der Waals surface area contributed by atoms with Crippen molar-refractivity contribution < 1.29 is 4.74 Å². The van der Waals surface area contributed by atoms with Crippen LogP contribution < -0.4 is 0 Å². The summed E-state index contributed by atoms with van der Waals surface area (Å²) in [5, 5.41) is 0. The largest absolute Gasteiger partial charge is 0.385 e. The summed E-state index contributed by atoms with van der Waals surface area (Å²) >= 11 is 1.89. The average molecular weight is 286 g/mol. The van der Waals surface area contributed by atoms with Crippen LogP contribution in [0.2, 0.25) is 0 Å². The van der Waals surface area contributed by atoms with Crippen molar-refractivity contribution in [2.75, 3.05) is 19.5 Å². The molecule has 0 saturated carbocycles. The molecular formula is C18H22OS. The Morgan fingerprint density at radius 2 is 1.50 bits per heavy atom. The molecule has 106 valence electrons. The third kappa shape index (κ3) is 4.39. The van der Waals surface area contributed by atoms with Gasteiger partial charge in [0.1, 0.15) is 0 Å². The van der Waals surface area contributed by atoms with Crippen molar-refractivity contribution in [3.05, 3.63) is 54.1 Å². The number of ether oxygens (including phenoxy) is 1. The molecule has 0 saturated heterocycles. The van der Waals surface area contributed by atoms with Crippen LogP contribution in [-0.4, -0.2) is 19.5 Å². The molecule has 0 aliphatic rings. The van der Waals surface area contributed by atoms with E-state index < -0.39 is 0 Å². The van der Waals surface area contributed by atoms with Gasteiger partial charge in [-0.2, -0.15) is 0 Å². The van der Waals surface area contributed by atoms with E-state index in [2.05, 4.69) is 55.5 Å². The molecule has 0 heterocycles. The zero-order valence-electron chi connectivity index (χ0n) is 12.3. The highest BCUT2D eigenvalue weighted by atomic mass is 32.2. The molecule has 0 aliphatic heterocycles. The lowest BCUT2D eigenvalue weighted by Gasteiger charge is -2.05. The van der Waals surface area contributed by atoms with Crippen molar-refractivity contribution >= 4 is 11.8 Å². The molecule has 0 N–H and O–H groups in total. The zero-order valence-corrected chi connectivity index (χ0v) is 13.1. The summed E-state index contributed by atoms with van der Waals surface area (Å²) in [6, 6.07) is 17.7. The fraction of sp³-hybridized carbons (Fsp3) is 0.333. The minimum absolute atomic E-state index is 0.842. The van der Waals surface area contributed by atoms with E-state index in [1.165, 1.54) is 21.6 Å². The molecule has 0 atom stereocenters.